The number of rotatable bonds is 5. The van der Waals surface area contributed by atoms with Crippen LogP contribution in [0, 0.1) is 0 Å². The standard InChI is InChI=1S/C17H20N8O2S/c1-17(2,19-16(26)10-6-7-25-13(8-10)20-23-24-25)9-27-12-5-3-4-11-14(12)15(18)22-28-21-11/h3-8,21,23-24H,9H2,1-2H3,(H2,18,22)(H,19,26). The lowest BCUT2D eigenvalue weighted by atomic mass is 10.0. The number of benzene rings is 1. The van der Waals surface area contributed by atoms with Crippen LogP contribution in [0.3, 0.4) is 0 Å². The Labute approximate surface area is 166 Å². The van der Waals surface area contributed by atoms with Gasteiger partial charge in [-0.3, -0.25) is 4.79 Å². The number of amidine groups is 2. The van der Waals surface area contributed by atoms with Gasteiger partial charge in [0.2, 0.25) is 0 Å². The zero-order chi connectivity index (χ0) is 19.7. The van der Waals surface area contributed by atoms with Gasteiger partial charge in [-0.05, 0) is 38.1 Å². The van der Waals surface area contributed by atoms with Crippen LogP contribution >= 0.6 is 12.1 Å². The van der Waals surface area contributed by atoms with E-state index < -0.39 is 5.54 Å². The van der Waals surface area contributed by atoms with Gasteiger partial charge in [0.1, 0.15) is 18.2 Å². The molecule has 0 saturated heterocycles. The summed E-state index contributed by atoms with van der Waals surface area (Å²) in [6.07, 6.45) is 5.12. The molecule has 0 aromatic heterocycles. The van der Waals surface area contributed by atoms with Crippen molar-refractivity contribution < 1.29 is 9.53 Å². The van der Waals surface area contributed by atoms with Crippen molar-refractivity contribution in [2.75, 3.05) is 11.3 Å². The Morgan fingerprint density at radius 1 is 1.43 bits per heavy atom. The number of hydrazine groups is 2. The summed E-state index contributed by atoms with van der Waals surface area (Å²) in [5.74, 6) is 1.41. The molecule has 4 rings (SSSR count). The highest BCUT2D eigenvalue weighted by molar-refractivity contribution is 7.99. The second-order valence-corrected chi connectivity index (χ2v) is 7.52. The maximum atomic E-state index is 12.6. The SMILES string of the molecule is CC(C)(COc1cccc2c1C(N)=NSN2)NC(=O)C1=CC2=NNNN2C=C1. The first-order chi connectivity index (χ1) is 13.4. The third-order valence-electron chi connectivity index (χ3n) is 4.16. The fourth-order valence-corrected chi connectivity index (χ4v) is 3.29. The summed E-state index contributed by atoms with van der Waals surface area (Å²) in [6, 6.07) is 5.61. The van der Waals surface area contributed by atoms with E-state index in [0.717, 1.165) is 11.3 Å². The van der Waals surface area contributed by atoms with Gasteiger partial charge < -0.3 is 20.5 Å². The molecule has 3 heterocycles. The lowest BCUT2D eigenvalue weighted by Crippen LogP contribution is -2.48. The van der Waals surface area contributed by atoms with Gasteiger partial charge in [-0.2, -0.15) is 4.40 Å². The fraction of sp³-hybridized carbons (Fsp3) is 0.235. The Kier molecular flexibility index (Phi) is 4.61. The number of amides is 1. The molecule has 1 amide bonds. The second kappa shape index (κ2) is 7.09. The van der Waals surface area contributed by atoms with Crippen molar-refractivity contribution in [3.05, 3.63) is 47.7 Å². The number of anilines is 1. The molecule has 0 atom stereocenters. The molecule has 28 heavy (non-hydrogen) atoms. The summed E-state index contributed by atoms with van der Waals surface area (Å²) in [5, 5.41) is 8.69. The van der Waals surface area contributed by atoms with Gasteiger partial charge in [-0.1, -0.05) is 6.07 Å². The predicted molar refractivity (Wildman–Crippen MR) is 109 cm³/mol. The lowest BCUT2D eigenvalue weighted by molar-refractivity contribution is -0.119. The number of nitrogens with one attached hydrogen (secondary N) is 4. The van der Waals surface area contributed by atoms with Crippen molar-refractivity contribution in [1.29, 1.82) is 0 Å². The molecule has 6 N–H and O–H groups in total. The van der Waals surface area contributed by atoms with E-state index in [1.54, 1.807) is 23.4 Å². The molecule has 10 nitrogen and oxygen atoms in total. The molecule has 11 heteroatoms. The summed E-state index contributed by atoms with van der Waals surface area (Å²) in [4.78, 5) is 12.6. The Hall–Kier alpha value is -3.18. The smallest absolute Gasteiger partial charge is 0.252 e. The zero-order valence-corrected chi connectivity index (χ0v) is 16.1. The maximum Gasteiger partial charge on any atom is 0.252 e. The molecule has 3 aliphatic rings. The van der Waals surface area contributed by atoms with E-state index in [0.29, 0.717) is 23.0 Å². The summed E-state index contributed by atoms with van der Waals surface area (Å²) in [5.41, 5.74) is 12.9. The predicted octanol–water partition coefficient (Wildman–Crippen LogP) is 0.746. The van der Waals surface area contributed by atoms with Gasteiger partial charge in [0.15, 0.2) is 5.84 Å². The molecule has 1 aromatic carbocycles. The molecular formula is C17H20N8O2S. The molecule has 0 bridgehead atoms. The summed E-state index contributed by atoms with van der Waals surface area (Å²) in [7, 11) is 0. The summed E-state index contributed by atoms with van der Waals surface area (Å²) >= 11 is 1.17. The van der Waals surface area contributed by atoms with E-state index in [1.807, 2.05) is 32.0 Å². The molecule has 3 aliphatic heterocycles. The maximum absolute atomic E-state index is 12.6. The number of hydrogen-bond donors (Lipinski definition) is 5. The van der Waals surface area contributed by atoms with Crippen LogP contribution in [0.5, 0.6) is 5.75 Å². The van der Waals surface area contributed by atoms with Crippen molar-refractivity contribution in [2.45, 2.75) is 19.4 Å². The van der Waals surface area contributed by atoms with E-state index >= 15 is 0 Å². The molecule has 146 valence electrons. The number of hydrazone groups is 1. The number of carbonyl (C=O) groups excluding carboxylic acids is 1. The second-order valence-electron chi connectivity index (χ2n) is 6.95. The minimum atomic E-state index is -0.623. The highest BCUT2D eigenvalue weighted by atomic mass is 32.2. The third-order valence-corrected chi connectivity index (χ3v) is 4.76. The average molecular weight is 400 g/mol. The molecule has 0 spiro atoms. The van der Waals surface area contributed by atoms with Crippen molar-refractivity contribution in [3.8, 4) is 5.75 Å². The van der Waals surface area contributed by atoms with Gasteiger partial charge in [-0.15, -0.1) is 10.6 Å². The van der Waals surface area contributed by atoms with Crippen LogP contribution in [0.25, 0.3) is 0 Å². The minimum absolute atomic E-state index is 0.215. The first-order valence-electron chi connectivity index (χ1n) is 8.55. The van der Waals surface area contributed by atoms with E-state index in [9.17, 15) is 4.79 Å². The van der Waals surface area contributed by atoms with Gasteiger partial charge in [-0.25, -0.2) is 10.5 Å². The Balaban J connectivity index is 1.42. The molecule has 0 saturated carbocycles. The van der Waals surface area contributed by atoms with Crippen molar-refractivity contribution in [1.82, 2.24) is 21.4 Å². The topological polar surface area (TPSA) is 128 Å². The van der Waals surface area contributed by atoms with Gasteiger partial charge in [0.25, 0.3) is 5.91 Å². The Morgan fingerprint density at radius 2 is 2.29 bits per heavy atom. The van der Waals surface area contributed by atoms with E-state index in [4.69, 9.17) is 10.5 Å². The van der Waals surface area contributed by atoms with E-state index in [1.165, 1.54) is 12.1 Å². The number of nitrogens with two attached hydrogens (primary N) is 1. The summed E-state index contributed by atoms with van der Waals surface area (Å²) < 4.78 is 13.2. The number of nitrogens with zero attached hydrogens (tertiary/aromatic N) is 3. The number of carbonyl (C=O) groups is 1. The number of ether oxygens (including phenoxy) is 1. The Bertz CT molecular complexity index is 937. The van der Waals surface area contributed by atoms with Crippen LogP contribution in [-0.2, 0) is 4.79 Å². The average Bonchev–Trinajstić information content (AvgIpc) is 3.14. The van der Waals surface area contributed by atoms with Crippen molar-refractivity contribution in [2.24, 2.45) is 15.2 Å². The van der Waals surface area contributed by atoms with Gasteiger partial charge >= 0.3 is 0 Å². The molecule has 0 unspecified atom stereocenters. The molecule has 0 fully saturated rings. The van der Waals surface area contributed by atoms with Crippen LogP contribution in [0.4, 0.5) is 5.69 Å². The first kappa shape index (κ1) is 18.2. The third kappa shape index (κ3) is 3.62. The van der Waals surface area contributed by atoms with Gasteiger partial charge in [0, 0.05) is 11.8 Å². The molecular weight excluding hydrogens is 380 g/mol. The zero-order valence-electron chi connectivity index (χ0n) is 15.3. The summed E-state index contributed by atoms with van der Waals surface area (Å²) in [6.45, 7) is 4.03. The highest BCUT2D eigenvalue weighted by Gasteiger charge is 2.26. The van der Waals surface area contributed by atoms with Crippen LogP contribution in [0.2, 0.25) is 0 Å². The number of fused-ring (bicyclic) bond motifs is 2. The quantitative estimate of drug-likeness (QED) is 0.458. The van der Waals surface area contributed by atoms with Crippen LogP contribution < -0.4 is 31.6 Å². The van der Waals surface area contributed by atoms with E-state index in [2.05, 4.69) is 30.6 Å². The van der Waals surface area contributed by atoms with Crippen molar-refractivity contribution >= 4 is 35.4 Å². The largest absolute Gasteiger partial charge is 0.490 e. The number of hydrogen-bond acceptors (Lipinski definition) is 10. The van der Waals surface area contributed by atoms with Crippen molar-refractivity contribution in [3.63, 3.8) is 0 Å². The Morgan fingerprint density at radius 3 is 3.14 bits per heavy atom. The van der Waals surface area contributed by atoms with E-state index in [-0.39, 0.29) is 12.5 Å². The fourth-order valence-electron chi connectivity index (χ4n) is 2.79. The van der Waals surface area contributed by atoms with Crippen LogP contribution in [0.1, 0.15) is 19.4 Å². The molecule has 0 radical (unpaired) electrons. The first-order valence-corrected chi connectivity index (χ1v) is 9.32. The molecule has 1 aromatic rings. The monoisotopic (exact) mass is 400 g/mol. The minimum Gasteiger partial charge on any atom is -0.490 e. The van der Waals surface area contributed by atoms with Crippen LogP contribution in [0.15, 0.2) is 51.6 Å². The molecule has 0 aliphatic carbocycles. The van der Waals surface area contributed by atoms with Gasteiger partial charge in [0.05, 0.1) is 28.9 Å². The normalized spacial score (nSPS) is 17.4. The highest BCUT2D eigenvalue weighted by Crippen LogP contribution is 2.32. The van der Waals surface area contributed by atoms with Crippen LogP contribution in [-0.4, -0.2) is 34.7 Å². The lowest BCUT2D eigenvalue weighted by Gasteiger charge is -2.28.